The van der Waals surface area contributed by atoms with Gasteiger partial charge < -0.3 is 14.8 Å². The zero-order chi connectivity index (χ0) is 19.1. The molecule has 0 aromatic heterocycles. The van der Waals surface area contributed by atoms with Crippen molar-refractivity contribution in [1.82, 2.24) is 5.32 Å². The Labute approximate surface area is 162 Å². The van der Waals surface area contributed by atoms with Gasteiger partial charge in [-0.1, -0.05) is 53.5 Å². The summed E-state index contributed by atoms with van der Waals surface area (Å²) in [7, 11) is 1.28. The topological polar surface area (TPSA) is 64.6 Å². The van der Waals surface area contributed by atoms with Gasteiger partial charge in [-0.25, -0.2) is 4.79 Å². The number of methoxy groups -OCH3 is 1. The summed E-state index contributed by atoms with van der Waals surface area (Å²) in [4.78, 5) is 24.4. The van der Waals surface area contributed by atoms with Gasteiger partial charge >= 0.3 is 5.97 Å². The maximum atomic E-state index is 12.4. The van der Waals surface area contributed by atoms with Gasteiger partial charge in [0.25, 0.3) is 5.91 Å². The molecule has 0 saturated heterocycles. The van der Waals surface area contributed by atoms with Crippen LogP contribution in [0.2, 0.25) is 10.0 Å². The number of hydrogen-bond donors (Lipinski definition) is 1. The van der Waals surface area contributed by atoms with Gasteiger partial charge in [0.15, 0.2) is 6.10 Å². The first kappa shape index (κ1) is 20.1. The molecule has 0 saturated carbocycles. The minimum atomic E-state index is -0.864. The summed E-state index contributed by atoms with van der Waals surface area (Å²) in [6.07, 6.45) is -0.551. The van der Waals surface area contributed by atoms with Crippen molar-refractivity contribution in [2.45, 2.75) is 25.5 Å². The number of rotatable bonds is 7. The van der Waals surface area contributed by atoms with Crippen molar-refractivity contribution in [3.05, 3.63) is 64.1 Å². The van der Waals surface area contributed by atoms with Gasteiger partial charge in [0, 0.05) is 11.4 Å². The first-order valence-electron chi connectivity index (χ1n) is 7.94. The van der Waals surface area contributed by atoms with E-state index in [-0.39, 0.29) is 0 Å². The number of amides is 1. The van der Waals surface area contributed by atoms with Crippen molar-refractivity contribution in [2.24, 2.45) is 0 Å². The van der Waals surface area contributed by atoms with E-state index >= 15 is 0 Å². The summed E-state index contributed by atoms with van der Waals surface area (Å²) >= 11 is 11.9. The van der Waals surface area contributed by atoms with Crippen LogP contribution in [-0.4, -0.2) is 31.1 Å². The lowest BCUT2D eigenvalue weighted by molar-refractivity contribution is -0.145. The monoisotopic (exact) mass is 395 g/mol. The molecule has 26 heavy (non-hydrogen) atoms. The van der Waals surface area contributed by atoms with Crippen molar-refractivity contribution in [1.29, 1.82) is 0 Å². The highest BCUT2D eigenvalue weighted by atomic mass is 35.5. The van der Waals surface area contributed by atoms with Gasteiger partial charge in [-0.2, -0.15) is 0 Å². The fraction of sp³-hybridized carbons (Fsp3) is 0.263. The number of carbonyl (C=O) groups is 2. The number of esters is 1. The highest BCUT2D eigenvalue weighted by Gasteiger charge is 2.25. The molecule has 0 fully saturated rings. The Bertz CT molecular complexity index is 767. The van der Waals surface area contributed by atoms with E-state index in [9.17, 15) is 9.59 Å². The third kappa shape index (κ3) is 5.64. The fourth-order valence-corrected chi connectivity index (χ4v) is 2.74. The standard InChI is InChI=1S/C19H19Cl2NO4/c1-12(26-17-9-8-14(20)11-15(17)21)18(23)22-16(19(24)25-2)10-13-6-4-3-5-7-13/h3-9,11-12,16H,10H2,1-2H3,(H,22,23)/t12-,16?/m1/s1. The van der Waals surface area contributed by atoms with Crippen LogP contribution in [0.4, 0.5) is 0 Å². The SMILES string of the molecule is COC(=O)C(Cc1ccccc1)NC(=O)[C@@H](C)Oc1ccc(Cl)cc1Cl. The molecule has 0 aliphatic heterocycles. The van der Waals surface area contributed by atoms with Crippen LogP contribution in [0.25, 0.3) is 0 Å². The average Bonchev–Trinajstić information content (AvgIpc) is 2.63. The van der Waals surface area contributed by atoms with E-state index in [1.165, 1.54) is 13.2 Å². The van der Waals surface area contributed by atoms with Crippen LogP contribution in [0, 0.1) is 0 Å². The number of hydrogen-bond acceptors (Lipinski definition) is 4. The molecule has 0 heterocycles. The van der Waals surface area contributed by atoms with Crippen molar-refractivity contribution in [2.75, 3.05) is 7.11 Å². The minimum Gasteiger partial charge on any atom is -0.479 e. The van der Waals surface area contributed by atoms with Crippen molar-refractivity contribution in [3.8, 4) is 5.75 Å². The lowest BCUT2D eigenvalue weighted by Crippen LogP contribution is -2.47. The Morgan fingerprint density at radius 1 is 1.12 bits per heavy atom. The quantitative estimate of drug-likeness (QED) is 0.726. The van der Waals surface area contributed by atoms with Gasteiger partial charge in [-0.05, 0) is 30.7 Å². The number of nitrogens with one attached hydrogen (secondary N) is 1. The molecule has 0 radical (unpaired) electrons. The van der Waals surface area contributed by atoms with Crippen molar-refractivity contribution >= 4 is 35.1 Å². The predicted octanol–water partition coefficient (Wildman–Crippen LogP) is 3.66. The van der Waals surface area contributed by atoms with E-state index in [2.05, 4.69) is 5.32 Å². The smallest absolute Gasteiger partial charge is 0.328 e. The molecule has 2 aromatic rings. The van der Waals surface area contributed by atoms with Gasteiger partial charge in [-0.3, -0.25) is 4.79 Å². The minimum absolute atomic E-state index is 0.297. The van der Waals surface area contributed by atoms with E-state index in [4.69, 9.17) is 32.7 Å². The number of halogens is 2. The molecule has 2 rings (SSSR count). The molecular formula is C19H19Cl2NO4. The molecule has 2 atom stereocenters. The van der Waals surface area contributed by atoms with E-state index in [1.807, 2.05) is 30.3 Å². The lowest BCUT2D eigenvalue weighted by Gasteiger charge is -2.20. The van der Waals surface area contributed by atoms with Crippen LogP contribution in [0.5, 0.6) is 5.75 Å². The van der Waals surface area contributed by atoms with E-state index < -0.39 is 24.0 Å². The van der Waals surface area contributed by atoms with Crippen LogP contribution in [-0.2, 0) is 20.7 Å². The fourth-order valence-electron chi connectivity index (χ4n) is 2.29. The first-order chi connectivity index (χ1) is 12.4. The number of carbonyl (C=O) groups excluding carboxylic acids is 2. The molecule has 1 unspecified atom stereocenters. The first-order valence-corrected chi connectivity index (χ1v) is 8.70. The normalized spacial score (nSPS) is 12.8. The van der Waals surface area contributed by atoms with Crippen molar-refractivity contribution in [3.63, 3.8) is 0 Å². The van der Waals surface area contributed by atoms with Crippen LogP contribution in [0.3, 0.4) is 0 Å². The Morgan fingerprint density at radius 3 is 2.42 bits per heavy atom. The summed E-state index contributed by atoms with van der Waals surface area (Å²) in [5.41, 5.74) is 0.900. The maximum Gasteiger partial charge on any atom is 0.328 e. The van der Waals surface area contributed by atoms with E-state index in [0.29, 0.717) is 22.2 Å². The molecule has 0 aliphatic rings. The molecule has 138 valence electrons. The largest absolute Gasteiger partial charge is 0.479 e. The Balaban J connectivity index is 2.04. The molecule has 0 aliphatic carbocycles. The van der Waals surface area contributed by atoms with Crippen LogP contribution in [0.15, 0.2) is 48.5 Å². The third-order valence-electron chi connectivity index (χ3n) is 3.65. The molecule has 5 nitrogen and oxygen atoms in total. The number of benzene rings is 2. The Hall–Kier alpha value is -2.24. The molecule has 0 bridgehead atoms. The second-order valence-corrected chi connectivity index (χ2v) is 6.45. The molecule has 2 aromatic carbocycles. The summed E-state index contributed by atoms with van der Waals surface area (Å²) in [6.45, 7) is 1.57. The van der Waals surface area contributed by atoms with E-state index in [1.54, 1.807) is 19.1 Å². The van der Waals surface area contributed by atoms with E-state index in [0.717, 1.165) is 5.56 Å². The van der Waals surface area contributed by atoms with Gasteiger partial charge in [-0.15, -0.1) is 0 Å². The lowest BCUT2D eigenvalue weighted by atomic mass is 10.1. The summed E-state index contributed by atoms with van der Waals surface area (Å²) < 4.78 is 10.4. The Morgan fingerprint density at radius 2 is 1.81 bits per heavy atom. The van der Waals surface area contributed by atoms with Crippen molar-refractivity contribution < 1.29 is 19.1 Å². The highest BCUT2D eigenvalue weighted by Crippen LogP contribution is 2.28. The second-order valence-electron chi connectivity index (χ2n) is 5.61. The average molecular weight is 396 g/mol. The zero-order valence-corrected chi connectivity index (χ0v) is 15.9. The molecular weight excluding hydrogens is 377 g/mol. The van der Waals surface area contributed by atoms with Gasteiger partial charge in [0.2, 0.25) is 0 Å². The summed E-state index contributed by atoms with van der Waals surface area (Å²) in [5.74, 6) is -0.655. The predicted molar refractivity (Wildman–Crippen MR) is 101 cm³/mol. The molecule has 0 spiro atoms. The second kappa shape index (κ2) is 9.46. The third-order valence-corrected chi connectivity index (χ3v) is 4.18. The van der Waals surface area contributed by atoms with Crippen LogP contribution >= 0.6 is 23.2 Å². The summed E-state index contributed by atoms with van der Waals surface area (Å²) in [6, 6.07) is 13.2. The molecule has 7 heteroatoms. The Kier molecular flexibility index (Phi) is 7.30. The zero-order valence-electron chi connectivity index (χ0n) is 14.4. The van der Waals surface area contributed by atoms with Gasteiger partial charge in [0.1, 0.15) is 11.8 Å². The van der Waals surface area contributed by atoms with Gasteiger partial charge in [0.05, 0.1) is 12.1 Å². The summed E-state index contributed by atoms with van der Waals surface area (Å²) in [5, 5.41) is 3.42. The number of ether oxygens (including phenoxy) is 2. The molecule has 1 amide bonds. The van der Waals surface area contributed by atoms with Crippen LogP contribution < -0.4 is 10.1 Å². The molecule has 1 N–H and O–H groups in total. The highest BCUT2D eigenvalue weighted by molar-refractivity contribution is 6.35. The maximum absolute atomic E-state index is 12.4. The van der Waals surface area contributed by atoms with Crippen LogP contribution in [0.1, 0.15) is 12.5 Å².